The predicted molar refractivity (Wildman–Crippen MR) is 39.9 cm³/mol. The van der Waals surface area contributed by atoms with Crippen molar-refractivity contribution in [1.82, 2.24) is 10.6 Å². The maximum Gasteiger partial charge on any atom is 0.253 e. The summed E-state index contributed by atoms with van der Waals surface area (Å²) < 4.78 is 24.0. The van der Waals surface area contributed by atoms with Crippen molar-refractivity contribution in [2.75, 3.05) is 13.1 Å². The van der Waals surface area contributed by atoms with E-state index in [1.807, 2.05) is 0 Å². The monoisotopic (exact) mass is 164 g/mol. The Balaban J connectivity index is 2.18. The molecule has 0 aliphatic carbocycles. The van der Waals surface area contributed by atoms with Gasteiger partial charge >= 0.3 is 0 Å². The molecule has 66 valence electrons. The van der Waals surface area contributed by atoms with Gasteiger partial charge in [0, 0.05) is 12.6 Å². The van der Waals surface area contributed by atoms with E-state index in [2.05, 4.69) is 10.6 Å². The summed E-state index contributed by atoms with van der Waals surface area (Å²) in [6.45, 7) is 3.27. The number of halogens is 2. The fourth-order valence-corrected chi connectivity index (χ4v) is 1.24. The van der Waals surface area contributed by atoms with Gasteiger partial charge < -0.3 is 10.6 Å². The molecule has 0 aromatic carbocycles. The molecular weight excluding hydrogens is 150 g/mol. The zero-order valence-corrected chi connectivity index (χ0v) is 6.61. The van der Waals surface area contributed by atoms with Gasteiger partial charge in [0.1, 0.15) is 0 Å². The molecule has 4 heteroatoms. The van der Waals surface area contributed by atoms with Gasteiger partial charge in [-0.1, -0.05) is 0 Å². The summed E-state index contributed by atoms with van der Waals surface area (Å²) >= 11 is 0. The zero-order valence-electron chi connectivity index (χ0n) is 6.61. The van der Waals surface area contributed by atoms with Gasteiger partial charge in [0.25, 0.3) is 6.43 Å². The molecule has 0 aromatic rings. The molecule has 0 radical (unpaired) electrons. The third kappa shape index (κ3) is 2.71. The SMILES string of the molecule is CC(NC1CCNC1)C(F)F. The van der Waals surface area contributed by atoms with Crippen LogP contribution in [-0.4, -0.2) is 31.6 Å². The van der Waals surface area contributed by atoms with E-state index in [1.54, 1.807) is 0 Å². The molecule has 2 unspecified atom stereocenters. The van der Waals surface area contributed by atoms with E-state index >= 15 is 0 Å². The molecule has 1 aliphatic rings. The summed E-state index contributed by atoms with van der Waals surface area (Å²) in [5, 5.41) is 5.97. The van der Waals surface area contributed by atoms with E-state index in [1.165, 1.54) is 6.92 Å². The maximum atomic E-state index is 12.0. The molecule has 11 heavy (non-hydrogen) atoms. The normalized spacial score (nSPS) is 27.8. The second-order valence-corrected chi connectivity index (χ2v) is 2.98. The molecule has 1 heterocycles. The molecule has 2 nitrogen and oxygen atoms in total. The van der Waals surface area contributed by atoms with Gasteiger partial charge in [-0.15, -0.1) is 0 Å². The summed E-state index contributed by atoms with van der Waals surface area (Å²) in [7, 11) is 0. The molecule has 0 spiro atoms. The van der Waals surface area contributed by atoms with Gasteiger partial charge in [0.15, 0.2) is 0 Å². The molecule has 0 aromatic heterocycles. The van der Waals surface area contributed by atoms with Crippen LogP contribution in [0.15, 0.2) is 0 Å². The van der Waals surface area contributed by atoms with E-state index < -0.39 is 12.5 Å². The smallest absolute Gasteiger partial charge is 0.253 e. The molecule has 1 saturated heterocycles. The van der Waals surface area contributed by atoms with Crippen molar-refractivity contribution in [3.8, 4) is 0 Å². The Bertz CT molecular complexity index is 113. The lowest BCUT2D eigenvalue weighted by atomic mass is 10.2. The highest BCUT2D eigenvalue weighted by atomic mass is 19.3. The molecule has 1 rings (SSSR count). The zero-order chi connectivity index (χ0) is 8.27. The molecule has 2 atom stereocenters. The highest BCUT2D eigenvalue weighted by molar-refractivity contribution is 4.80. The van der Waals surface area contributed by atoms with Crippen LogP contribution in [0.2, 0.25) is 0 Å². The Morgan fingerprint density at radius 2 is 2.27 bits per heavy atom. The lowest BCUT2D eigenvalue weighted by Crippen LogP contribution is -2.41. The van der Waals surface area contributed by atoms with Crippen molar-refractivity contribution in [1.29, 1.82) is 0 Å². The summed E-state index contributed by atoms with van der Waals surface area (Å²) in [5.41, 5.74) is 0. The first kappa shape index (κ1) is 8.87. The topological polar surface area (TPSA) is 24.1 Å². The maximum absolute atomic E-state index is 12.0. The number of hydrogen-bond acceptors (Lipinski definition) is 2. The number of nitrogens with one attached hydrogen (secondary N) is 2. The van der Waals surface area contributed by atoms with Crippen LogP contribution in [0.3, 0.4) is 0 Å². The fraction of sp³-hybridized carbons (Fsp3) is 1.00. The Labute approximate surface area is 65.4 Å². The van der Waals surface area contributed by atoms with Crippen LogP contribution >= 0.6 is 0 Å². The minimum atomic E-state index is -2.25. The lowest BCUT2D eigenvalue weighted by molar-refractivity contribution is 0.101. The van der Waals surface area contributed by atoms with E-state index in [4.69, 9.17) is 0 Å². The van der Waals surface area contributed by atoms with Crippen LogP contribution < -0.4 is 10.6 Å². The van der Waals surface area contributed by atoms with Crippen molar-refractivity contribution in [3.05, 3.63) is 0 Å². The van der Waals surface area contributed by atoms with E-state index in [9.17, 15) is 8.78 Å². The number of rotatable bonds is 3. The third-order valence-corrected chi connectivity index (χ3v) is 1.94. The van der Waals surface area contributed by atoms with E-state index in [0.717, 1.165) is 19.5 Å². The summed E-state index contributed by atoms with van der Waals surface area (Å²) in [4.78, 5) is 0. The lowest BCUT2D eigenvalue weighted by Gasteiger charge is -2.17. The van der Waals surface area contributed by atoms with Crippen LogP contribution in [0.5, 0.6) is 0 Å². The van der Waals surface area contributed by atoms with Crippen LogP contribution in [0.4, 0.5) is 8.78 Å². The Morgan fingerprint density at radius 3 is 2.73 bits per heavy atom. The van der Waals surface area contributed by atoms with Gasteiger partial charge in [-0.3, -0.25) is 0 Å². The van der Waals surface area contributed by atoms with Crippen LogP contribution in [-0.2, 0) is 0 Å². The van der Waals surface area contributed by atoms with Crippen LogP contribution in [0, 0.1) is 0 Å². The first-order valence-electron chi connectivity index (χ1n) is 3.95. The average Bonchev–Trinajstić information content (AvgIpc) is 2.39. The predicted octanol–water partition coefficient (Wildman–Crippen LogP) is 0.591. The summed E-state index contributed by atoms with van der Waals surface area (Å²) in [6.07, 6.45) is -1.30. The van der Waals surface area contributed by atoms with Crippen molar-refractivity contribution in [2.24, 2.45) is 0 Å². The summed E-state index contributed by atoms with van der Waals surface area (Å²) in [5.74, 6) is 0. The van der Waals surface area contributed by atoms with Crippen molar-refractivity contribution in [3.63, 3.8) is 0 Å². The fourth-order valence-electron chi connectivity index (χ4n) is 1.24. The van der Waals surface area contributed by atoms with Crippen molar-refractivity contribution in [2.45, 2.75) is 31.9 Å². The minimum absolute atomic E-state index is 0.235. The van der Waals surface area contributed by atoms with E-state index in [0.29, 0.717) is 0 Å². The van der Waals surface area contributed by atoms with Gasteiger partial charge in [-0.2, -0.15) is 0 Å². The standard InChI is InChI=1S/C7H14F2N2/c1-5(7(8)9)11-6-2-3-10-4-6/h5-7,10-11H,2-4H2,1H3. The van der Waals surface area contributed by atoms with Gasteiger partial charge in [0.2, 0.25) is 0 Å². The largest absolute Gasteiger partial charge is 0.315 e. The average molecular weight is 164 g/mol. The molecule has 1 aliphatic heterocycles. The summed E-state index contributed by atoms with van der Waals surface area (Å²) in [6, 6.07) is -0.445. The second-order valence-electron chi connectivity index (χ2n) is 2.98. The molecule has 0 bridgehead atoms. The van der Waals surface area contributed by atoms with Gasteiger partial charge in [0.05, 0.1) is 6.04 Å². The highest BCUT2D eigenvalue weighted by Gasteiger charge is 2.20. The van der Waals surface area contributed by atoms with E-state index in [-0.39, 0.29) is 6.04 Å². The first-order chi connectivity index (χ1) is 5.20. The molecule has 0 amide bonds. The molecule has 0 saturated carbocycles. The van der Waals surface area contributed by atoms with Crippen molar-refractivity contribution >= 4 is 0 Å². The molecule has 2 N–H and O–H groups in total. The van der Waals surface area contributed by atoms with Crippen molar-refractivity contribution < 1.29 is 8.78 Å². The van der Waals surface area contributed by atoms with Gasteiger partial charge in [-0.25, -0.2) is 8.78 Å². The first-order valence-corrected chi connectivity index (χ1v) is 3.95. The van der Waals surface area contributed by atoms with Crippen LogP contribution in [0.25, 0.3) is 0 Å². The number of alkyl halides is 2. The Morgan fingerprint density at radius 1 is 1.55 bits per heavy atom. The molecular formula is C7H14F2N2. The highest BCUT2D eigenvalue weighted by Crippen LogP contribution is 2.04. The van der Waals surface area contributed by atoms with Gasteiger partial charge in [-0.05, 0) is 19.9 Å². The minimum Gasteiger partial charge on any atom is -0.315 e. The quantitative estimate of drug-likeness (QED) is 0.638. The van der Waals surface area contributed by atoms with Crippen LogP contribution in [0.1, 0.15) is 13.3 Å². The second kappa shape index (κ2) is 3.97. The molecule has 1 fully saturated rings. The Kier molecular flexibility index (Phi) is 3.20. The number of hydrogen-bond donors (Lipinski definition) is 2. The Hall–Kier alpha value is -0.220. The third-order valence-electron chi connectivity index (χ3n) is 1.94.